The molecule has 148 valence electrons. The summed E-state index contributed by atoms with van der Waals surface area (Å²) in [5.41, 5.74) is 3.02. The van der Waals surface area contributed by atoms with Crippen LogP contribution in [0.1, 0.15) is 41.3 Å². The molecule has 1 heterocycles. The average Bonchev–Trinajstić information content (AvgIpc) is 2.71. The van der Waals surface area contributed by atoms with Crippen LogP contribution < -0.4 is 4.74 Å². The van der Waals surface area contributed by atoms with E-state index in [-0.39, 0.29) is 18.4 Å². The van der Waals surface area contributed by atoms with Gasteiger partial charge in [0, 0.05) is 31.7 Å². The number of aryl methyl sites for hydroxylation is 1. The first-order valence-corrected chi connectivity index (χ1v) is 9.80. The molecule has 2 amide bonds. The van der Waals surface area contributed by atoms with Crippen LogP contribution in [0.5, 0.6) is 5.75 Å². The van der Waals surface area contributed by atoms with Crippen molar-refractivity contribution in [3.63, 3.8) is 0 Å². The van der Waals surface area contributed by atoms with E-state index in [9.17, 15) is 9.59 Å². The Labute approximate surface area is 166 Å². The minimum atomic E-state index is -0.0464. The third-order valence-corrected chi connectivity index (χ3v) is 5.10. The van der Waals surface area contributed by atoms with Crippen molar-refractivity contribution in [2.24, 2.45) is 0 Å². The van der Waals surface area contributed by atoms with E-state index in [0.29, 0.717) is 43.4 Å². The number of nitrogens with zero attached hydrogens (tertiary/aromatic N) is 2. The van der Waals surface area contributed by atoms with Crippen molar-refractivity contribution in [3.8, 4) is 5.75 Å². The molecule has 0 radical (unpaired) electrons. The van der Waals surface area contributed by atoms with Crippen molar-refractivity contribution < 1.29 is 14.3 Å². The summed E-state index contributed by atoms with van der Waals surface area (Å²) in [6.07, 6.45) is 0. The maximum absolute atomic E-state index is 12.7. The fraction of sp³-hybridized carbons (Fsp3) is 0.391. The molecule has 0 unspecified atom stereocenters. The van der Waals surface area contributed by atoms with E-state index in [2.05, 4.69) is 13.8 Å². The van der Waals surface area contributed by atoms with Crippen LogP contribution in [-0.2, 0) is 4.79 Å². The molecule has 1 fully saturated rings. The van der Waals surface area contributed by atoms with Crippen LogP contribution in [0.4, 0.5) is 0 Å². The molecule has 5 heteroatoms. The maximum Gasteiger partial charge on any atom is 0.260 e. The van der Waals surface area contributed by atoms with Gasteiger partial charge in [-0.05, 0) is 48.2 Å². The predicted octanol–water partition coefficient (Wildman–Crippen LogP) is 3.48. The first kappa shape index (κ1) is 19.9. The zero-order valence-electron chi connectivity index (χ0n) is 16.9. The van der Waals surface area contributed by atoms with Crippen molar-refractivity contribution in [1.29, 1.82) is 0 Å². The van der Waals surface area contributed by atoms with Crippen LogP contribution in [0.15, 0.2) is 48.5 Å². The fourth-order valence-corrected chi connectivity index (χ4v) is 3.29. The van der Waals surface area contributed by atoms with Gasteiger partial charge in [-0.3, -0.25) is 9.59 Å². The van der Waals surface area contributed by atoms with Crippen LogP contribution in [0.3, 0.4) is 0 Å². The number of amides is 2. The second-order valence-corrected chi connectivity index (χ2v) is 7.55. The average molecular weight is 380 g/mol. The Morgan fingerprint density at radius 3 is 2.21 bits per heavy atom. The van der Waals surface area contributed by atoms with E-state index in [1.165, 1.54) is 5.56 Å². The van der Waals surface area contributed by atoms with Crippen LogP contribution in [0, 0.1) is 6.92 Å². The van der Waals surface area contributed by atoms with E-state index in [1.54, 1.807) is 4.90 Å². The summed E-state index contributed by atoms with van der Waals surface area (Å²) in [5.74, 6) is 1.13. The van der Waals surface area contributed by atoms with Gasteiger partial charge in [-0.15, -0.1) is 0 Å². The Kier molecular flexibility index (Phi) is 6.34. The summed E-state index contributed by atoms with van der Waals surface area (Å²) in [4.78, 5) is 28.7. The highest BCUT2D eigenvalue weighted by Crippen LogP contribution is 2.17. The van der Waals surface area contributed by atoms with Crippen LogP contribution in [0.25, 0.3) is 0 Å². The zero-order valence-corrected chi connectivity index (χ0v) is 16.9. The third kappa shape index (κ3) is 4.91. The summed E-state index contributed by atoms with van der Waals surface area (Å²) in [7, 11) is 0. The van der Waals surface area contributed by atoms with Crippen LogP contribution in [0.2, 0.25) is 0 Å². The molecule has 1 aliphatic rings. The number of hydrogen-bond donors (Lipinski definition) is 0. The normalized spacial score (nSPS) is 14.3. The SMILES string of the molecule is Cc1cccc(OCC(=O)N2CCN(C(=O)c3ccc(C(C)C)cc3)CC2)c1. The molecule has 1 saturated heterocycles. The maximum atomic E-state index is 12.7. The molecule has 1 aliphatic heterocycles. The molecule has 5 nitrogen and oxygen atoms in total. The lowest BCUT2D eigenvalue weighted by atomic mass is 10.0. The highest BCUT2D eigenvalue weighted by molar-refractivity contribution is 5.94. The van der Waals surface area contributed by atoms with Gasteiger partial charge >= 0.3 is 0 Å². The summed E-state index contributed by atoms with van der Waals surface area (Å²) in [6.45, 7) is 8.43. The lowest BCUT2D eigenvalue weighted by molar-refractivity contribution is -0.134. The number of carbonyl (C=O) groups is 2. The van der Waals surface area contributed by atoms with E-state index in [4.69, 9.17) is 4.74 Å². The summed E-state index contributed by atoms with van der Waals surface area (Å²) < 4.78 is 5.60. The van der Waals surface area contributed by atoms with Crippen molar-refractivity contribution >= 4 is 11.8 Å². The molecule has 0 N–H and O–H groups in total. The van der Waals surface area contributed by atoms with Gasteiger partial charge in [0.1, 0.15) is 5.75 Å². The van der Waals surface area contributed by atoms with E-state index < -0.39 is 0 Å². The molecule has 0 aliphatic carbocycles. The van der Waals surface area contributed by atoms with Crippen molar-refractivity contribution in [2.75, 3.05) is 32.8 Å². The lowest BCUT2D eigenvalue weighted by Crippen LogP contribution is -2.51. The highest BCUT2D eigenvalue weighted by atomic mass is 16.5. The minimum Gasteiger partial charge on any atom is -0.484 e. The molecule has 0 atom stereocenters. The smallest absolute Gasteiger partial charge is 0.260 e. The number of benzene rings is 2. The first-order chi connectivity index (χ1) is 13.4. The predicted molar refractivity (Wildman–Crippen MR) is 110 cm³/mol. The standard InChI is InChI=1S/C23H28N2O3/c1-17(2)19-7-9-20(10-8-19)23(27)25-13-11-24(12-14-25)22(26)16-28-21-6-4-5-18(3)15-21/h4-10,15,17H,11-14,16H2,1-3H3. The Hall–Kier alpha value is -2.82. The molecule has 0 bridgehead atoms. The second kappa shape index (κ2) is 8.91. The monoisotopic (exact) mass is 380 g/mol. The molecule has 28 heavy (non-hydrogen) atoms. The van der Waals surface area contributed by atoms with Crippen molar-refractivity contribution in [2.45, 2.75) is 26.7 Å². The van der Waals surface area contributed by atoms with Crippen LogP contribution >= 0.6 is 0 Å². The Morgan fingerprint density at radius 1 is 0.964 bits per heavy atom. The lowest BCUT2D eigenvalue weighted by Gasteiger charge is -2.34. The van der Waals surface area contributed by atoms with Crippen LogP contribution in [-0.4, -0.2) is 54.4 Å². The van der Waals surface area contributed by atoms with Gasteiger partial charge in [0.25, 0.3) is 11.8 Å². The highest BCUT2D eigenvalue weighted by Gasteiger charge is 2.25. The molecule has 3 rings (SSSR count). The Bertz CT molecular complexity index is 822. The number of ether oxygens (including phenoxy) is 1. The van der Waals surface area contributed by atoms with Gasteiger partial charge in [0.05, 0.1) is 0 Å². The van der Waals surface area contributed by atoms with Gasteiger partial charge in [-0.2, -0.15) is 0 Å². The molecular weight excluding hydrogens is 352 g/mol. The molecule has 2 aromatic rings. The summed E-state index contributed by atoms with van der Waals surface area (Å²) in [6, 6.07) is 15.5. The van der Waals surface area contributed by atoms with Crippen molar-refractivity contribution in [3.05, 3.63) is 65.2 Å². The molecule has 0 spiro atoms. The van der Waals surface area contributed by atoms with E-state index in [0.717, 1.165) is 5.56 Å². The molecular formula is C23H28N2O3. The zero-order chi connectivity index (χ0) is 20.1. The first-order valence-electron chi connectivity index (χ1n) is 9.80. The fourth-order valence-electron chi connectivity index (χ4n) is 3.29. The Morgan fingerprint density at radius 2 is 1.61 bits per heavy atom. The quantitative estimate of drug-likeness (QED) is 0.798. The largest absolute Gasteiger partial charge is 0.484 e. The Balaban J connectivity index is 1.49. The summed E-state index contributed by atoms with van der Waals surface area (Å²) >= 11 is 0. The van der Waals surface area contributed by atoms with E-state index in [1.807, 2.05) is 60.4 Å². The molecule has 2 aromatic carbocycles. The van der Waals surface area contributed by atoms with Gasteiger partial charge in [-0.25, -0.2) is 0 Å². The van der Waals surface area contributed by atoms with Gasteiger partial charge in [0.15, 0.2) is 6.61 Å². The number of rotatable bonds is 5. The number of carbonyl (C=O) groups excluding carboxylic acids is 2. The van der Waals surface area contributed by atoms with E-state index >= 15 is 0 Å². The summed E-state index contributed by atoms with van der Waals surface area (Å²) in [5, 5.41) is 0. The molecule has 0 saturated carbocycles. The number of hydrogen-bond acceptors (Lipinski definition) is 3. The van der Waals surface area contributed by atoms with Gasteiger partial charge < -0.3 is 14.5 Å². The van der Waals surface area contributed by atoms with Crippen molar-refractivity contribution in [1.82, 2.24) is 9.80 Å². The third-order valence-electron chi connectivity index (χ3n) is 5.10. The topological polar surface area (TPSA) is 49.9 Å². The molecule has 0 aromatic heterocycles. The van der Waals surface area contributed by atoms with Gasteiger partial charge in [0.2, 0.25) is 0 Å². The number of piperazine rings is 1. The second-order valence-electron chi connectivity index (χ2n) is 7.55. The van der Waals surface area contributed by atoms with Gasteiger partial charge in [-0.1, -0.05) is 38.1 Å². The minimum absolute atomic E-state index is 0.0219.